The molecule has 0 aliphatic rings. The lowest BCUT2D eigenvalue weighted by atomic mass is 10.2. The molecule has 0 unspecified atom stereocenters. The second-order valence-corrected chi connectivity index (χ2v) is 6.50. The van der Waals surface area contributed by atoms with Gasteiger partial charge >= 0.3 is 5.97 Å². The standard InChI is InChI=1S/C14H22N2O4S/c1-4-6-9-16(5-2)21(18,19)13-8-7-11(10-12(13)15)14(17)20-3/h7-8,10H,4-6,9,15H2,1-3H3. The van der Waals surface area contributed by atoms with E-state index in [9.17, 15) is 13.2 Å². The molecular formula is C14H22N2O4S. The Balaban J connectivity index is 3.16. The lowest BCUT2D eigenvalue weighted by molar-refractivity contribution is 0.0600. The van der Waals surface area contributed by atoms with Crippen LogP contribution in [0.5, 0.6) is 0 Å². The van der Waals surface area contributed by atoms with Crippen LogP contribution >= 0.6 is 0 Å². The van der Waals surface area contributed by atoms with E-state index < -0.39 is 16.0 Å². The topological polar surface area (TPSA) is 89.7 Å². The fourth-order valence-corrected chi connectivity index (χ4v) is 3.53. The summed E-state index contributed by atoms with van der Waals surface area (Å²) in [7, 11) is -2.39. The normalized spacial score (nSPS) is 11.6. The third-order valence-electron chi connectivity index (χ3n) is 3.16. The molecule has 0 amide bonds. The zero-order chi connectivity index (χ0) is 16.0. The summed E-state index contributed by atoms with van der Waals surface area (Å²) in [6.45, 7) is 4.61. The minimum atomic E-state index is -3.65. The first-order valence-corrected chi connectivity index (χ1v) is 8.30. The van der Waals surface area contributed by atoms with E-state index in [0.717, 1.165) is 12.8 Å². The van der Waals surface area contributed by atoms with Crippen LogP contribution in [0.3, 0.4) is 0 Å². The first-order chi connectivity index (χ1) is 9.88. The summed E-state index contributed by atoms with van der Waals surface area (Å²) >= 11 is 0. The Morgan fingerprint density at radius 2 is 2.00 bits per heavy atom. The quantitative estimate of drug-likeness (QED) is 0.613. The van der Waals surface area contributed by atoms with Crippen LogP contribution in [0.1, 0.15) is 37.0 Å². The van der Waals surface area contributed by atoms with Crippen LogP contribution in [-0.4, -0.2) is 38.9 Å². The third-order valence-corrected chi connectivity index (χ3v) is 5.21. The monoisotopic (exact) mass is 314 g/mol. The van der Waals surface area contributed by atoms with Crippen molar-refractivity contribution in [3.05, 3.63) is 23.8 Å². The number of benzene rings is 1. The molecule has 6 nitrogen and oxygen atoms in total. The molecule has 0 saturated heterocycles. The largest absolute Gasteiger partial charge is 0.465 e. The van der Waals surface area contributed by atoms with Gasteiger partial charge in [-0.1, -0.05) is 20.3 Å². The maximum absolute atomic E-state index is 12.6. The summed E-state index contributed by atoms with van der Waals surface area (Å²) in [5.41, 5.74) is 6.08. The molecule has 0 saturated carbocycles. The molecule has 0 aromatic heterocycles. The Morgan fingerprint density at radius 3 is 2.48 bits per heavy atom. The van der Waals surface area contributed by atoms with Gasteiger partial charge < -0.3 is 10.5 Å². The number of anilines is 1. The van der Waals surface area contributed by atoms with E-state index in [0.29, 0.717) is 13.1 Å². The predicted molar refractivity (Wildman–Crippen MR) is 81.5 cm³/mol. The lowest BCUT2D eigenvalue weighted by Crippen LogP contribution is -2.32. The molecule has 1 aromatic rings. The fraction of sp³-hybridized carbons (Fsp3) is 0.500. The number of carbonyl (C=O) groups excluding carboxylic acids is 1. The number of ether oxygens (including phenoxy) is 1. The highest BCUT2D eigenvalue weighted by Crippen LogP contribution is 2.24. The summed E-state index contributed by atoms with van der Waals surface area (Å²) < 4.78 is 31.1. The third kappa shape index (κ3) is 3.95. The number of hydrogen-bond donors (Lipinski definition) is 1. The van der Waals surface area contributed by atoms with E-state index in [2.05, 4.69) is 4.74 Å². The van der Waals surface area contributed by atoms with Crippen molar-refractivity contribution in [3.8, 4) is 0 Å². The Hall–Kier alpha value is -1.60. The van der Waals surface area contributed by atoms with Crippen molar-refractivity contribution in [1.82, 2.24) is 4.31 Å². The number of nitrogen functional groups attached to an aromatic ring is 1. The van der Waals surface area contributed by atoms with Crippen molar-refractivity contribution in [3.63, 3.8) is 0 Å². The summed E-state index contributed by atoms with van der Waals surface area (Å²) in [6, 6.07) is 4.08. The second-order valence-electron chi connectivity index (χ2n) is 4.59. The molecule has 1 aromatic carbocycles. The highest BCUT2D eigenvalue weighted by molar-refractivity contribution is 7.89. The number of carbonyl (C=O) groups is 1. The van der Waals surface area contributed by atoms with Gasteiger partial charge in [0.15, 0.2) is 0 Å². The molecule has 2 N–H and O–H groups in total. The van der Waals surface area contributed by atoms with Crippen LogP contribution in [0.15, 0.2) is 23.1 Å². The molecule has 0 bridgehead atoms. The predicted octanol–water partition coefficient (Wildman–Crippen LogP) is 1.87. The molecule has 118 valence electrons. The van der Waals surface area contributed by atoms with E-state index in [1.54, 1.807) is 6.92 Å². The maximum atomic E-state index is 12.6. The number of unbranched alkanes of at least 4 members (excludes halogenated alkanes) is 1. The van der Waals surface area contributed by atoms with E-state index in [-0.39, 0.29) is 16.1 Å². The van der Waals surface area contributed by atoms with Gasteiger partial charge in [-0.2, -0.15) is 4.31 Å². The van der Waals surface area contributed by atoms with E-state index >= 15 is 0 Å². The van der Waals surface area contributed by atoms with Gasteiger partial charge in [0.05, 0.1) is 18.4 Å². The molecular weight excluding hydrogens is 292 g/mol. The van der Waals surface area contributed by atoms with Gasteiger partial charge in [-0.05, 0) is 24.6 Å². The maximum Gasteiger partial charge on any atom is 0.337 e. The number of esters is 1. The number of sulfonamides is 1. The van der Waals surface area contributed by atoms with E-state index in [1.807, 2.05) is 6.92 Å². The Kier molecular flexibility index (Phi) is 6.17. The van der Waals surface area contributed by atoms with E-state index in [1.165, 1.54) is 29.6 Å². The van der Waals surface area contributed by atoms with Crippen LogP contribution in [0, 0.1) is 0 Å². The molecule has 0 aliphatic heterocycles. The van der Waals surface area contributed by atoms with Crippen LogP contribution in [0.4, 0.5) is 5.69 Å². The Bertz CT molecular complexity index is 599. The van der Waals surface area contributed by atoms with Gasteiger partial charge in [0.25, 0.3) is 0 Å². The SMILES string of the molecule is CCCCN(CC)S(=O)(=O)c1ccc(C(=O)OC)cc1N. The van der Waals surface area contributed by atoms with Crippen LogP contribution in [0.2, 0.25) is 0 Å². The van der Waals surface area contributed by atoms with Crippen molar-refractivity contribution in [2.75, 3.05) is 25.9 Å². The Morgan fingerprint density at radius 1 is 1.33 bits per heavy atom. The van der Waals surface area contributed by atoms with Gasteiger partial charge in [0.2, 0.25) is 10.0 Å². The molecule has 0 heterocycles. The van der Waals surface area contributed by atoms with Crippen molar-refractivity contribution in [2.24, 2.45) is 0 Å². The number of hydrogen-bond acceptors (Lipinski definition) is 5. The molecule has 0 spiro atoms. The average molecular weight is 314 g/mol. The first kappa shape index (κ1) is 17.5. The summed E-state index contributed by atoms with van der Waals surface area (Å²) in [5.74, 6) is -0.552. The molecule has 7 heteroatoms. The number of nitrogens with two attached hydrogens (primary N) is 1. The molecule has 0 fully saturated rings. The van der Waals surface area contributed by atoms with Crippen LogP contribution in [-0.2, 0) is 14.8 Å². The van der Waals surface area contributed by atoms with Crippen LogP contribution < -0.4 is 5.73 Å². The highest BCUT2D eigenvalue weighted by Gasteiger charge is 2.25. The molecule has 0 radical (unpaired) electrons. The zero-order valence-corrected chi connectivity index (χ0v) is 13.4. The van der Waals surface area contributed by atoms with Crippen LogP contribution in [0.25, 0.3) is 0 Å². The second kappa shape index (κ2) is 7.42. The molecule has 21 heavy (non-hydrogen) atoms. The summed E-state index contributed by atoms with van der Waals surface area (Å²) in [5, 5.41) is 0. The van der Waals surface area contributed by atoms with E-state index in [4.69, 9.17) is 5.73 Å². The van der Waals surface area contributed by atoms with Crippen molar-refractivity contribution >= 4 is 21.7 Å². The molecule has 0 aliphatic carbocycles. The number of rotatable bonds is 7. The Labute approximate surface area is 125 Å². The minimum Gasteiger partial charge on any atom is -0.465 e. The minimum absolute atomic E-state index is 0.0214. The summed E-state index contributed by atoms with van der Waals surface area (Å²) in [4.78, 5) is 11.4. The number of nitrogens with zero attached hydrogens (tertiary/aromatic N) is 1. The first-order valence-electron chi connectivity index (χ1n) is 6.86. The van der Waals surface area contributed by atoms with Gasteiger partial charge in [0, 0.05) is 13.1 Å². The van der Waals surface area contributed by atoms with Gasteiger partial charge in [0.1, 0.15) is 4.90 Å². The number of methoxy groups -OCH3 is 1. The smallest absolute Gasteiger partial charge is 0.337 e. The van der Waals surface area contributed by atoms with Gasteiger partial charge in [-0.3, -0.25) is 0 Å². The van der Waals surface area contributed by atoms with Gasteiger partial charge in [-0.25, -0.2) is 13.2 Å². The lowest BCUT2D eigenvalue weighted by Gasteiger charge is -2.21. The highest BCUT2D eigenvalue weighted by atomic mass is 32.2. The van der Waals surface area contributed by atoms with Crippen molar-refractivity contribution < 1.29 is 17.9 Å². The molecule has 0 atom stereocenters. The van der Waals surface area contributed by atoms with Gasteiger partial charge in [-0.15, -0.1) is 0 Å². The van der Waals surface area contributed by atoms with Crippen molar-refractivity contribution in [2.45, 2.75) is 31.6 Å². The average Bonchev–Trinajstić information content (AvgIpc) is 2.46. The van der Waals surface area contributed by atoms with Crippen molar-refractivity contribution in [1.29, 1.82) is 0 Å². The zero-order valence-electron chi connectivity index (χ0n) is 12.6. The summed E-state index contributed by atoms with van der Waals surface area (Å²) in [6.07, 6.45) is 1.69. The molecule has 1 rings (SSSR count). The fourth-order valence-electron chi connectivity index (χ4n) is 1.95.